The average Bonchev–Trinajstić information content (AvgIpc) is 2.55. The zero-order valence-electron chi connectivity index (χ0n) is 13.9. The van der Waals surface area contributed by atoms with Crippen LogP contribution in [0.4, 0.5) is 0 Å². The summed E-state index contributed by atoms with van der Waals surface area (Å²) >= 11 is 0. The number of esters is 2. The summed E-state index contributed by atoms with van der Waals surface area (Å²) in [5, 5.41) is 0. The number of carbonyl (C=O) groups excluding carboxylic acids is 3. The Labute approximate surface area is 137 Å². The number of carbonyl (C=O) groups is 3. The molecule has 0 aliphatic carbocycles. The van der Waals surface area contributed by atoms with Crippen molar-refractivity contribution in [2.45, 2.75) is 52.1 Å². The summed E-state index contributed by atoms with van der Waals surface area (Å²) in [6, 6.07) is 0. The fraction of sp³-hybridized carbons (Fsp3) is 0.706. The van der Waals surface area contributed by atoms with Crippen molar-refractivity contribution in [1.82, 2.24) is 0 Å². The third-order valence-corrected chi connectivity index (χ3v) is 3.86. The van der Waals surface area contributed by atoms with E-state index < -0.39 is 17.4 Å². The number of hydrogen-bond donors (Lipinski definition) is 0. The van der Waals surface area contributed by atoms with Crippen LogP contribution in [0.3, 0.4) is 0 Å². The minimum atomic E-state index is -1.46. The molecular weight excluding hydrogens is 300 g/mol. The molecule has 1 unspecified atom stereocenters. The molecule has 6 heteroatoms. The van der Waals surface area contributed by atoms with E-state index in [0.717, 1.165) is 19.3 Å². The summed E-state index contributed by atoms with van der Waals surface area (Å²) in [7, 11) is 0. The molecule has 0 saturated carbocycles. The molecular formula is C17H26O6. The lowest BCUT2D eigenvalue weighted by atomic mass is 9.77. The van der Waals surface area contributed by atoms with Gasteiger partial charge in [-0.2, -0.15) is 0 Å². The molecule has 1 heterocycles. The van der Waals surface area contributed by atoms with Crippen LogP contribution in [-0.2, 0) is 28.6 Å². The molecule has 1 fully saturated rings. The minimum Gasteiger partial charge on any atom is -0.465 e. The van der Waals surface area contributed by atoms with E-state index in [2.05, 4.69) is 0 Å². The van der Waals surface area contributed by atoms with Gasteiger partial charge in [0.25, 0.3) is 0 Å². The van der Waals surface area contributed by atoms with Gasteiger partial charge in [0.2, 0.25) is 0 Å². The lowest BCUT2D eigenvalue weighted by Gasteiger charge is -2.33. The maximum atomic E-state index is 12.5. The van der Waals surface area contributed by atoms with Gasteiger partial charge in [-0.25, -0.2) is 0 Å². The quantitative estimate of drug-likeness (QED) is 0.280. The Kier molecular flexibility index (Phi) is 8.55. The first-order valence-corrected chi connectivity index (χ1v) is 8.17. The Morgan fingerprint density at radius 2 is 1.83 bits per heavy atom. The summed E-state index contributed by atoms with van der Waals surface area (Å²) < 4.78 is 15.9. The van der Waals surface area contributed by atoms with Crippen molar-refractivity contribution >= 4 is 18.2 Å². The second-order valence-electron chi connectivity index (χ2n) is 5.48. The molecule has 0 spiro atoms. The monoisotopic (exact) mass is 326 g/mol. The second-order valence-corrected chi connectivity index (χ2v) is 5.48. The number of rotatable bonds is 9. The van der Waals surface area contributed by atoms with Crippen molar-refractivity contribution < 1.29 is 28.6 Å². The normalized spacial score (nSPS) is 18.6. The maximum Gasteiger partial charge on any atom is 0.323 e. The van der Waals surface area contributed by atoms with E-state index in [1.54, 1.807) is 13.8 Å². The molecule has 1 aliphatic heterocycles. The molecule has 1 aliphatic rings. The standard InChI is InChI=1S/C17H26O6/c1-3-21-15(19)17(10-6-7-11-18,16(20)22-4-2)13-14-9-5-8-12-23-14/h6-7,11,14H,3-5,8-10,12-13H2,1-2H3/b7-6-. The highest BCUT2D eigenvalue weighted by molar-refractivity contribution is 6.00. The summed E-state index contributed by atoms with van der Waals surface area (Å²) in [5.74, 6) is -1.24. The highest BCUT2D eigenvalue weighted by Crippen LogP contribution is 2.36. The van der Waals surface area contributed by atoms with E-state index in [4.69, 9.17) is 14.2 Å². The highest BCUT2D eigenvalue weighted by Gasteiger charge is 2.49. The Bertz CT molecular complexity index is 405. The number of ether oxygens (including phenoxy) is 3. The van der Waals surface area contributed by atoms with Crippen molar-refractivity contribution in [3.63, 3.8) is 0 Å². The number of allylic oxidation sites excluding steroid dienone is 2. The smallest absolute Gasteiger partial charge is 0.323 e. The van der Waals surface area contributed by atoms with Gasteiger partial charge in [-0.15, -0.1) is 0 Å². The van der Waals surface area contributed by atoms with Gasteiger partial charge in [0, 0.05) is 13.0 Å². The Hall–Kier alpha value is -1.69. The zero-order valence-corrected chi connectivity index (χ0v) is 13.9. The van der Waals surface area contributed by atoms with Gasteiger partial charge in [0.1, 0.15) is 6.29 Å². The van der Waals surface area contributed by atoms with Gasteiger partial charge < -0.3 is 14.2 Å². The molecule has 23 heavy (non-hydrogen) atoms. The highest BCUT2D eigenvalue weighted by atomic mass is 16.6. The van der Waals surface area contributed by atoms with Gasteiger partial charge >= 0.3 is 11.9 Å². The fourth-order valence-electron chi connectivity index (χ4n) is 2.72. The fourth-order valence-corrected chi connectivity index (χ4v) is 2.72. The van der Waals surface area contributed by atoms with E-state index in [1.165, 1.54) is 12.2 Å². The lowest BCUT2D eigenvalue weighted by Crippen LogP contribution is -2.45. The largest absolute Gasteiger partial charge is 0.465 e. The first kappa shape index (κ1) is 19.4. The number of hydrogen-bond acceptors (Lipinski definition) is 6. The minimum absolute atomic E-state index is 0.0588. The third kappa shape index (κ3) is 5.46. The SMILES string of the molecule is CCOC(=O)C(C/C=C\C=O)(CC1CCCCO1)C(=O)OCC. The third-order valence-electron chi connectivity index (χ3n) is 3.86. The molecule has 130 valence electrons. The average molecular weight is 326 g/mol. The van der Waals surface area contributed by atoms with Crippen LogP contribution in [0.1, 0.15) is 46.0 Å². The molecule has 0 amide bonds. The lowest BCUT2D eigenvalue weighted by molar-refractivity contribution is -0.176. The van der Waals surface area contributed by atoms with Crippen molar-refractivity contribution in [1.29, 1.82) is 0 Å². The van der Waals surface area contributed by atoms with Crippen LogP contribution < -0.4 is 0 Å². The summed E-state index contributed by atoms with van der Waals surface area (Å²) in [5.41, 5.74) is -1.46. The molecule has 1 rings (SSSR count). The van der Waals surface area contributed by atoms with Crippen LogP contribution in [0.2, 0.25) is 0 Å². The van der Waals surface area contributed by atoms with Gasteiger partial charge in [0.05, 0.1) is 19.3 Å². The van der Waals surface area contributed by atoms with Gasteiger partial charge in [-0.1, -0.05) is 6.08 Å². The van der Waals surface area contributed by atoms with Crippen molar-refractivity contribution in [2.24, 2.45) is 5.41 Å². The van der Waals surface area contributed by atoms with Crippen LogP contribution in [-0.4, -0.2) is 44.1 Å². The van der Waals surface area contributed by atoms with Crippen molar-refractivity contribution in [3.8, 4) is 0 Å². The van der Waals surface area contributed by atoms with E-state index in [-0.39, 0.29) is 32.2 Å². The topological polar surface area (TPSA) is 78.9 Å². The molecule has 0 radical (unpaired) electrons. The molecule has 1 atom stereocenters. The van der Waals surface area contributed by atoms with Crippen molar-refractivity contribution in [2.75, 3.05) is 19.8 Å². The molecule has 0 bridgehead atoms. The Morgan fingerprint density at radius 3 is 2.30 bits per heavy atom. The van der Waals surface area contributed by atoms with E-state index in [9.17, 15) is 14.4 Å². The molecule has 0 aromatic carbocycles. The summed E-state index contributed by atoms with van der Waals surface area (Å²) in [6.45, 7) is 4.33. The predicted molar refractivity (Wildman–Crippen MR) is 83.7 cm³/mol. The summed E-state index contributed by atoms with van der Waals surface area (Å²) in [4.78, 5) is 35.6. The molecule has 6 nitrogen and oxygen atoms in total. The van der Waals surface area contributed by atoms with Crippen LogP contribution in [0, 0.1) is 5.41 Å². The molecule has 1 saturated heterocycles. The van der Waals surface area contributed by atoms with Gasteiger partial charge in [0.15, 0.2) is 5.41 Å². The number of aldehydes is 1. The first-order chi connectivity index (χ1) is 11.1. The second kappa shape index (κ2) is 10.2. The van der Waals surface area contributed by atoms with E-state index in [1.807, 2.05) is 0 Å². The Balaban J connectivity index is 3.07. The maximum absolute atomic E-state index is 12.5. The summed E-state index contributed by atoms with van der Waals surface area (Å²) in [6.07, 6.45) is 6.22. The molecule has 0 aromatic heterocycles. The van der Waals surface area contributed by atoms with Crippen LogP contribution >= 0.6 is 0 Å². The predicted octanol–water partition coefficient (Wildman–Crippen LogP) is 2.20. The van der Waals surface area contributed by atoms with Crippen molar-refractivity contribution in [3.05, 3.63) is 12.2 Å². The van der Waals surface area contributed by atoms with E-state index >= 15 is 0 Å². The molecule has 0 aromatic rings. The Morgan fingerprint density at radius 1 is 1.17 bits per heavy atom. The van der Waals surface area contributed by atoms with Crippen LogP contribution in [0.15, 0.2) is 12.2 Å². The first-order valence-electron chi connectivity index (χ1n) is 8.17. The van der Waals surface area contributed by atoms with Crippen LogP contribution in [0.25, 0.3) is 0 Å². The zero-order chi connectivity index (χ0) is 17.1. The molecule has 0 N–H and O–H groups in total. The van der Waals surface area contributed by atoms with Gasteiger partial charge in [-0.3, -0.25) is 14.4 Å². The van der Waals surface area contributed by atoms with Gasteiger partial charge in [-0.05, 0) is 45.6 Å². The van der Waals surface area contributed by atoms with Crippen LogP contribution in [0.5, 0.6) is 0 Å². The van der Waals surface area contributed by atoms with E-state index in [0.29, 0.717) is 12.9 Å².